The van der Waals surface area contributed by atoms with E-state index in [1.165, 1.54) is 0 Å². The minimum absolute atomic E-state index is 0.177. The van der Waals surface area contributed by atoms with Crippen LogP contribution in [-0.2, 0) is 0 Å². The van der Waals surface area contributed by atoms with Gasteiger partial charge in [0.25, 0.3) is 5.56 Å². The summed E-state index contributed by atoms with van der Waals surface area (Å²) in [4.78, 5) is 18.7. The number of benzene rings is 1. The fourth-order valence-electron chi connectivity index (χ4n) is 1.49. The summed E-state index contributed by atoms with van der Waals surface area (Å²) in [5, 5.41) is 0.924. The lowest BCUT2D eigenvalue weighted by Crippen LogP contribution is -2.14. The van der Waals surface area contributed by atoms with Crippen LogP contribution in [0.4, 0.5) is 0 Å². The summed E-state index contributed by atoms with van der Waals surface area (Å²) in [6, 6.07) is 5.16. The quantitative estimate of drug-likeness (QED) is 0.862. The van der Waals surface area contributed by atoms with Gasteiger partial charge in [-0.15, -0.1) is 0 Å². The van der Waals surface area contributed by atoms with Gasteiger partial charge in [-0.1, -0.05) is 29.3 Å². The molecule has 0 amide bonds. The molecule has 2 aromatic rings. The minimum Gasteiger partial charge on any atom is -0.306 e. The second-order valence-corrected chi connectivity index (χ2v) is 4.54. The summed E-state index contributed by atoms with van der Waals surface area (Å²) in [7, 11) is 0. The largest absolute Gasteiger partial charge is 0.306 e. The van der Waals surface area contributed by atoms with Crippen molar-refractivity contribution in [3.63, 3.8) is 0 Å². The van der Waals surface area contributed by atoms with E-state index in [4.69, 9.17) is 23.2 Å². The molecule has 0 aliphatic carbocycles. The number of hydrogen-bond acceptors (Lipinski definition) is 2. The lowest BCUT2D eigenvalue weighted by atomic mass is 10.2. The molecule has 0 atom stereocenters. The molecule has 3 nitrogen and oxygen atoms in total. The van der Waals surface area contributed by atoms with Gasteiger partial charge in [0.2, 0.25) is 0 Å². The van der Waals surface area contributed by atoms with Crippen molar-refractivity contribution in [3.05, 3.63) is 49.9 Å². The van der Waals surface area contributed by atoms with E-state index < -0.39 is 0 Å². The molecule has 0 saturated heterocycles. The zero-order valence-electron chi connectivity index (χ0n) is 9.34. The van der Waals surface area contributed by atoms with E-state index in [-0.39, 0.29) is 5.56 Å². The molecule has 17 heavy (non-hydrogen) atoms. The van der Waals surface area contributed by atoms with E-state index in [0.717, 1.165) is 0 Å². The van der Waals surface area contributed by atoms with E-state index in [9.17, 15) is 4.79 Å². The van der Waals surface area contributed by atoms with Gasteiger partial charge in [-0.05, 0) is 26.0 Å². The van der Waals surface area contributed by atoms with Crippen LogP contribution < -0.4 is 5.56 Å². The van der Waals surface area contributed by atoms with Gasteiger partial charge in [0.05, 0.1) is 15.6 Å². The normalized spacial score (nSPS) is 10.6. The van der Waals surface area contributed by atoms with Crippen molar-refractivity contribution in [1.29, 1.82) is 0 Å². The van der Waals surface area contributed by atoms with Crippen LogP contribution in [0.15, 0.2) is 23.0 Å². The van der Waals surface area contributed by atoms with E-state index >= 15 is 0 Å². The molecule has 5 heteroatoms. The zero-order valence-corrected chi connectivity index (χ0v) is 10.9. The van der Waals surface area contributed by atoms with Gasteiger partial charge in [0.15, 0.2) is 0 Å². The Balaban J connectivity index is 2.74. The molecule has 0 spiro atoms. The average Bonchev–Trinajstić information content (AvgIpc) is 2.25. The number of aryl methyl sites for hydroxylation is 1. The fourth-order valence-corrected chi connectivity index (χ4v) is 2.06. The van der Waals surface area contributed by atoms with Gasteiger partial charge >= 0.3 is 0 Å². The number of aromatic nitrogens is 2. The van der Waals surface area contributed by atoms with Crippen molar-refractivity contribution in [2.75, 3.05) is 0 Å². The predicted octanol–water partition coefficient (Wildman–Crippen LogP) is 3.36. The van der Waals surface area contributed by atoms with Gasteiger partial charge in [0.1, 0.15) is 5.82 Å². The second kappa shape index (κ2) is 4.51. The monoisotopic (exact) mass is 268 g/mol. The number of hydrogen-bond donors (Lipinski definition) is 1. The molecule has 88 valence electrons. The van der Waals surface area contributed by atoms with Crippen molar-refractivity contribution in [2.24, 2.45) is 0 Å². The Labute approximate surface area is 108 Å². The average molecular weight is 269 g/mol. The number of aromatic amines is 1. The summed E-state index contributed by atoms with van der Waals surface area (Å²) in [5.41, 5.74) is 1.64. The van der Waals surface area contributed by atoms with Crippen LogP contribution in [0, 0.1) is 13.8 Å². The summed E-state index contributed by atoms with van der Waals surface area (Å²) in [6.45, 7) is 3.50. The Morgan fingerprint density at radius 2 is 1.76 bits per heavy atom. The van der Waals surface area contributed by atoms with E-state index in [2.05, 4.69) is 9.97 Å². The lowest BCUT2D eigenvalue weighted by molar-refractivity contribution is 1.03. The first-order valence-electron chi connectivity index (χ1n) is 5.02. The van der Waals surface area contributed by atoms with Crippen LogP contribution in [0.3, 0.4) is 0 Å². The molecule has 0 bridgehead atoms. The van der Waals surface area contributed by atoms with Crippen molar-refractivity contribution >= 4 is 23.2 Å². The summed E-state index contributed by atoms with van der Waals surface area (Å²) < 4.78 is 0. The van der Waals surface area contributed by atoms with Crippen LogP contribution in [0.25, 0.3) is 11.4 Å². The van der Waals surface area contributed by atoms with Crippen molar-refractivity contribution in [3.8, 4) is 11.4 Å². The summed E-state index contributed by atoms with van der Waals surface area (Å²) >= 11 is 12.1. The van der Waals surface area contributed by atoms with E-state index in [1.54, 1.807) is 32.0 Å². The first-order chi connectivity index (χ1) is 8.00. The molecule has 2 rings (SSSR count). The molecule has 0 aliphatic rings. The zero-order chi connectivity index (χ0) is 12.6. The van der Waals surface area contributed by atoms with Crippen LogP contribution in [0.2, 0.25) is 10.0 Å². The van der Waals surface area contributed by atoms with Gasteiger partial charge in [-0.25, -0.2) is 4.98 Å². The van der Waals surface area contributed by atoms with Crippen molar-refractivity contribution in [1.82, 2.24) is 9.97 Å². The number of halogens is 2. The highest BCUT2D eigenvalue weighted by Crippen LogP contribution is 2.31. The maximum atomic E-state index is 11.7. The Morgan fingerprint density at radius 3 is 2.29 bits per heavy atom. The number of nitrogens with one attached hydrogen (secondary N) is 1. The van der Waals surface area contributed by atoms with Crippen LogP contribution >= 0.6 is 23.2 Å². The maximum Gasteiger partial charge on any atom is 0.254 e. The van der Waals surface area contributed by atoms with Crippen molar-refractivity contribution < 1.29 is 0 Å². The van der Waals surface area contributed by atoms with Crippen LogP contribution in [0.5, 0.6) is 0 Å². The predicted molar refractivity (Wildman–Crippen MR) is 69.8 cm³/mol. The van der Waals surface area contributed by atoms with E-state index in [1.807, 2.05) is 0 Å². The standard InChI is InChI=1S/C12H10Cl2N2O/c1-6-7(2)15-11(16-12(6)17)10-8(13)4-3-5-9(10)14/h3-5H,1-2H3,(H,15,16,17). The Kier molecular flexibility index (Phi) is 3.22. The summed E-state index contributed by atoms with van der Waals surface area (Å²) in [5.74, 6) is 0.397. The van der Waals surface area contributed by atoms with E-state index in [0.29, 0.717) is 32.7 Å². The SMILES string of the molecule is Cc1nc(-c2c(Cl)cccc2Cl)[nH]c(=O)c1C. The minimum atomic E-state index is -0.177. The Morgan fingerprint density at radius 1 is 1.18 bits per heavy atom. The van der Waals surface area contributed by atoms with Crippen LogP contribution in [-0.4, -0.2) is 9.97 Å². The second-order valence-electron chi connectivity index (χ2n) is 3.72. The third kappa shape index (κ3) is 2.21. The molecule has 1 heterocycles. The molecular weight excluding hydrogens is 259 g/mol. The van der Waals surface area contributed by atoms with Crippen LogP contribution in [0.1, 0.15) is 11.3 Å². The Bertz CT molecular complexity index is 615. The van der Waals surface area contributed by atoms with Gasteiger partial charge in [-0.3, -0.25) is 4.79 Å². The van der Waals surface area contributed by atoms with Gasteiger partial charge in [0, 0.05) is 11.3 Å². The number of nitrogens with zero attached hydrogens (tertiary/aromatic N) is 1. The highest BCUT2D eigenvalue weighted by atomic mass is 35.5. The maximum absolute atomic E-state index is 11.7. The molecule has 0 saturated carbocycles. The van der Waals surface area contributed by atoms with Crippen molar-refractivity contribution in [2.45, 2.75) is 13.8 Å². The molecule has 1 aromatic carbocycles. The molecule has 0 radical (unpaired) electrons. The first kappa shape index (κ1) is 12.1. The highest BCUT2D eigenvalue weighted by molar-refractivity contribution is 6.38. The fraction of sp³-hybridized carbons (Fsp3) is 0.167. The van der Waals surface area contributed by atoms with Gasteiger partial charge < -0.3 is 4.98 Å². The number of H-pyrrole nitrogens is 1. The van der Waals surface area contributed by atoms with Gasteiger partial charge in [-0.2, -0.15) is 0 Å². The lowest BCUT2D eigenvalue weighted by Gasteiger charge is -2.07. The smallest absolute Gasteiger partial charge is 0.254 e. The molecule has 1 aromatic heterocycles. The summed E-state index contributed by atoms with van der Waals surface area (Å²) in [6.07, 6.45) is 0. The molecular formula is C12H10Cl2N2O. The highest BCUT2D eigenvalue weighted by Gasteiger charge is 2.12. The topological polar surface area (TPSA) is 45.8 Å². The third-order valence-corrected chi connectivity index (χ3v) is 3.22. The molecule has 0 unspecified atom stereocenters. The molecule has 1 N–H and O–H groups in total. The molecule has 0 fully saturated rings. The Hall–Kier alpha value is -1.32. The third-order valence-electron chi connectivity index (χ3n) is 2.59. The first-order valence-corrected chi connectivity index (χ1v) is 5.78. The molecule has 0 aliphatic heterocycles. The number of rotatable bonds is 1.